The monoisotopic (exact) mass is 286 g/mol. The van der Waals surface area contributed by atoms with E-state index >= 15 is 0 Å². The number of methoxy groups -OCH3 is 1. The molecule has 1 aromatic carbocycles. The van der Waals surface area contributed by atoms with E-state index in [1.54, 1.807) is 7.11 Å². The first kappa shape index (κ1) is 13.5. The third-order valence-electron chi connectivity index (χ3n) is 3.82. The Hall–Kier alpha value is -2.50. The second-order valence-electron chi connectivity index (χ2n) is 5.08. The van der Waals surface area contributed by atoms with Gasteiger partial charge in [0.15, 0.2) is 0 Å². The number of imidazole rings is 1. The molecule has 0 aliphatic carbocycles. The van der Waals surface area contributed by atoms with Crippen LogP contribution in [0.1, 0.15) is 30.0 Å². The predicted octanol–water partition coefficient (Wildman–Crippen LogP) is 2.84. The van der Waals surface area contributed by atoms with E-state index in [9.17, 15) is 0 Å². The lowest BCUT2D eigenvalue weighted by Crippen LogP contribution is -2.11. The van der Waals surface area contributed by atoms with Gasteiger partial charge < -0.3 is 19.6 Å². The lowest BCUT2D eigenvalue weighted by atomic mass is 10.1. The summed E-state index contributed by atoms with van der Waals surface area (Å²) in [6.07, 6.45) is 0. The van der Waals surface area contributed by atoms with E-state index in [2.05, 4.69) is 17.1 Å². The molecule has 2 N–H and O–H groups in total. The van der Waals surface area contributed by atoms with Crippen molar-refractivity contribution in [3.8, 4) is 5.75 Å². The Labute approximate surface area is 122 Å². The molecular weight excluding hydrogens is 268 g/mol. The van der Waals surface area contributed by atoms with E-state index in [0.717, 1.165) is 28.1 Å². The Morgan fingerprint density at radius 1 is 1.33 bits per heavy atom. The van der Waals surface area contributed by atoms with Crippen molar-refractivity contribution < 1.29 is 9.26 Å². The molecule has 3 rings (SSSR count). The van der Waals surface area contributed by atoms with Crippen LogP contribution in [0.2, 0.25) is 0 Å². The van der Waals surface area contributed by atoms with Crippen LogP contribution < -0.4 is 10.5 Å². The van der Waals surface area contributed by atoms with Crippen molar-refractivity contribution in [1.82, 2.24) is 14.7 Å². The average molecular weight is 286 g/mol. The number of ether oxygens (including phenoxy) is 1. The molecule has 3 aromatic rings. The fourth-order valence-corrected chi connectivity index (χ4v) is 2.90. The molecule has 0 saturated carbocycles. The molecule has 110 valence electrons. The van der Waals surface area contributed by atoms with Crippen molar-refractivity contribution in [3.05, 3.63) is 35.2 Å². The number of para-hydroxylation sites is 1. The maximum absolute atomic E-state index is 6.13. The zero-order chi connectivity index (χ0) is 15.1. The largest absolute Gasteiger partial charge is 0.494 e. The number of hydrogen-bond acceptors (Lipinski definition) is 5. The van der Waals surface area contributed by atoms with Crippen molar-refractivity contribution >= 4 is 17.0 Å². The molecule has 0 amide bonds. The van der Waals surface area contributed by atoms with Gasteiger partial charge in [-0.25, -0.2) is 4.98 Å². The molecule has 0 saturated heterocycles. The van der Waals surface area contributed by atoms with Gasteiger partial charge in [0.1, 0.15) is 17.0 Å². The van der Waals surface area contributed by atoms with Gasteiger partial charge in [0.2, 0.25) is 5.95 Å². The van der Waals surface area contributed by atoms with Crippen molar-refractivity contribution in [2.45, 2.75) is 26.8 Å². The van der Waals surface area contributed by atoms with Crippen molar-refractivity contribution in [2.75, 3.05) is 12.8 Å². The quantitative estimate of drug-likeness (QED) is 0.801. The smallest absolute Gasteiger partial charge is 0.201 e. The summed E-state index contributed by atoms with van der Waals surface area (Å²) in [4.78, 5) is 4.44. The van der Waals surface area contributed by atoms with Gasteiger partial charge in [0, 0.05) is 5.56 Å². The summed E-state index contributed by atoms with van der Waals surface area (Å²) in [6.45, 7) is 5.89. The van der Waals surface area contributed by atoms with Crippen LogP contribution in [0.15, 0.2) is 22.7 Å². The molecule has 0 aliphatic rings. The first-order chi connectivity index (χ1) is 10.0. The highest BCUT2D eigenvalue weighted by atomic mass is 16.5. The maximum atomic E-state index is 6.13. The Balaban J connectivity index is 2.23. The van der Waals surface area contributed by atoms with Crippen molar-refractivity contribution in [1.29, 1.82) is 0 Å². The van der Waals surface area contributed by atoms with E-state index in [1.807, 2.05) is 36.6 Å². The minimum atomic E-state index is -0.0200. The van der Waals surface area contributed by atoms with Crippen LogP contribution in [-0.2, 0) is 0 Å². The zero-order valence-corrected chi connectivity index (χ0v) is 12.5. The predicted molar refractivity (Wildman–Crippen MR) is 80.5 cm³/mol. The molecule has 6 heteroatoms. The molecule has 0 radical (unpaired) electrons. The number of hydrogen-bond donors (Lipinski definition) is 1. The number of nitrogens with zero attached hydrogens (tertiary/aromatic N) is 3. The second kappa shape index (κ2) is 4.80. The van der Waals surface area contributed by atoms with E-state index in [4.69, 9.17) is 15.0 Å². The molecule has 2 aromatic heterocycles. The van der Waals surface area contributed by atoms with Crippen LogP contribution in [0, 0.1) is 13.8 Å². The minimum Gasteiger partial charge on any atom is -0.494 e. The normalized spacial score (nSPS) is 12.8. The van der Waals surface area contributed by atoms with E-state index in [0.29, 0.717) is 11.7 Å². The lowest BCUT2D eigenvalue weighted by molar-refractivity contribution is 0.391. The summed E-state index contributed by atoms with van der Waals surface area (Å²) in [5.74, 6) is 1.95. The molecule has 0 bridgehead atoms. The van der Waals surface area contributed by atoms with Crippen molar-refractivity contribution in [3.63, 3.8) is 0 Å². The lowest BCUT2D eigenvalue weighted by Gasteiger charge is -2.16. The molecule has 21 heavy (non-hydrogen) atoms. The van der Waals surface area contributed by atoms with Crippen LogP contribution in [-0.4, -0.2) is 21.8 Å². The summed E-state index contributed by atoms with van der Waals surface area (Å²) in [5.41, 5.74) is 9.72. The molecule has 6 nitrogen and oxygen atoms in total. The van der Waals surface area contributed by atoms with Crippen LogP contribution >= 0.6 is 0 Å². The number of aromatic nitrogens is 3. The van der Waals surface area contributed by atoms with Crippen LogP contribution in [0.4, 0.5) is 5.95 Å². The first-order valence-corrected chi connectivity index (χ1v) is 6.77. The fraction of sp³-hybridized carbons (Fsp3) is 0.333. The highest BCUT2D eigenvalue weighted by molar-refractivity contribution is 5.84. The Bertz CT molecular complexity index is 784. The van der Waals surface area contributed by atoms with Gasteiger partial charge in [0.05, 0.1) is 24.4 Å². The number of nitrogens with two attached hydrogens (primary N) is 1. The van der Waals surface area contributed by atoms with Gasteiger partial charge in [-0.05, 0) is 32.9 Å². The maximum Gasteiger partial charge on any atom is 0.201 e. The highest BCUT2D eigenvalue weighted by Gasteiger charge is 2.22. The van der Waals surface area contributed by atoms with Gasteiger partial charge in [-0.1, -0.05) is 11.2 Å². The van der Waals surface area contributed by atoms with Gasteiger partial charge in [0.25, 0.3) is 0 Å². The van der Waals surface area contributed by atoms with Crippen LogP contribution in [0.3, 0.4) is 0 Å². The summed E-state index contributed by atoms with van der Waals surface area (Å²) < 4.78 is 12.6. The van der Waals surface area contributed by atoms with E-state index < -0.39 is 0 Å². The summed E-state index contributed by atoms with van der Waals surface area (Å²) >= 11 is 0. The second-order valence-corrected chi connectivity index (χ2v) is 5.08. The summed E-state index contributed by atoms with van der Waals surface area (Å²) in [7, 11) is 1.63. The Kier molecular flexibility index (Phi) is 3.08. The highest BCUT2D eigenvalue weighted by Crippen LogP contribution is 2.33. The minimum absolute atomic E-state index is 0.0200. The summed E-state index contributed by atoms with van der Waals surface area (Å²) in [5, 5.41) is 4.02. The first-order valence-electron chi connectivity index (χ1n) is 6.77. The molecule has 2 heterocycles. The molecule has 0 spiro atoms. The van der Waals surface area contributed by atoms with Crippen molar-refractivity contribution in [2.24, 2.45) is 0 Å². The number of nitrogen functional groups attached to an aromatic ring is 1. The molecule has 1 atom stereocenters. The summed E-state index contributed by atoms with van der Waals surface area (Å²) in [6, 6.07) is 5.77. The van der Waals surface area contributed by atoms with Gasteiger partial charge in [-0.2, -0.15) is 0 Å². The third-order valence-corrected chi connectivity index (χ3v) is 3.82. The fourth-order valence-electron chi connectivity index (χ4n) is 2.90. The van der Waals surface area contributed by atoms with E-state index in [1.165, 1.54) is 0 Å². The Morgan fingerprint density at radius 2 is 2.10 bits per heavy atom. The van der Waals surface area contributed by atoms with Gasteiger partial charge >= 0.3 is 0 Å². The Morgan fingerprint density at radius 3 is 2.71 bits per heavy atom. The number of anilines is 1. The molecule has 0 aliphatic heterocycles. The number of fused-ring (bicyclic) bond motifs is 1. The number of rotatable bonds is 3. The van der Waals surface area contributed by atoms with Crippen LogP contribution in [0.5, 0.6) is 5.75 Å². The SMILES string of the molecule is COc1cccc2c1nc(N)n2C(C)c1c(C)noc1C. The van der Waals surface area contributed by atoms with Gasteiger partial charge in [-0.3, -0.25) is 0 Å². The van der Waals surface area contributed by atoms with E-state index in [-0.39, 0.29) is 6.04 Å². The standard InChI is InChI=1S/C15H18N4O2/c1-8-13(10(3)21-18-8)9(2)19-11-6-5-7-12(20-4)14(11)17-15(19)16/h5-7,9H,1-4H3,(H2,16,17). The number of benzene rings is 1. The number of aryl methyl sites for hydroxylation is 2. The van der Waals surface area contributed by atoms with Gasteiger partial charge in [-0.15, -0.1) is 0 Å². The topological polar surface area (TPSA) is 79.1 Å². The molecular formula is C15H18N4O2. The molecule has 0 fully saturated rings. The average Bonchev–Trinajstić information content (AvgIpc) is 2.97. The molecule has 1 unspecified atom stereocenters. The zero-order valence-electron chi connectivity index (χ0n) is 12.5. The third kappa shape index (κ3) is 1.94. The van der Waals surface area contributed by atoms with Crippen LogP contribution in [0.25, 0.3) is 11.0 Å².